The summed E-state index contributed by atoms with van der Waals surface area (Å²) < 4.78 is 0. The van der Waals surface area contributed by atoms with Gasteiger partial charge in [0, 0.05) is 10.6 Å². The van der Waals surface area contributed by atoms with Crippen LogP contribution in [0.1, 0.15) is 5.56 Å². The van der Waals surface area contributed by atoms with E-state index in [2.05, 4.69) is 5.16 Å². The number of hydrogen-bond donors (Lipinski definition) is 1. The van der Waals surface area contributed by atoms with E-state index in [1.54, 1.807) is 18.2 Å². The molecular weight excluding hydrogens is 206 g/mol. The lowest BCUT2D eigenvalue weighted by Gasteiger charge is -2.00. The molecule has 1 rings (SSSR count). The number of nitrogens with zero attached hydrogens (tertiary/aromatic N) is 1. The van der Waals surface area contributed by atoms with Gasteiger partial charge in [0.2, 0.25) is 0 Å². The van der Waals surface area contributed by atoms with Gasteiger partial charge in [0.1, 0.15) is 6.61 Å². The Kier molecular flexibility index (Phi) is 3.94. The first-order valence-corrected chi connectivity index (χ1v) is 4.19. The topological polar surface area (TPSA) is 58.9 Å². The fraction of sp³-hybridized carbons (Fsp3) is 0.111. The summed E-state index contributed by atoms with van der Waals surface area (Å²) in [4.78, 5) is 14.7. The quantitative estimate of drug-likeness (QED) is 0.614. The summed E-state index contributed by atoms with van der Waals surface area (Å²) in [5, 5.41) is 12.0. The van der Waals surface area contributed by atoms with E-state index in [0.717, 1.165) is 5.56 Å². The van der Waals surface area contributed by atoms with Crippen LogP contribution in [0, 0.1) is 0 Å². The molecule has 1 aromatic rings. The predicted octanol–water partition coefficient (Wildman–Crippen LogP) is 1.93. The number of halogens is 1. The van der Waals surface area contributed by atoms with Crippen LogP contribution >= 0.6 is 11.6 Å². The van der Waals surface area contributed by atoms with E-state index < -0.39 is 5.97 Å². The van der Waals surface area contributed by atoms with Gasteiger partial charge in [-0.1, -0.05) is 35.0 Å². The van der Waals surface area contributed by atoms with E-state index in [4.69, 9.17) is 21.5 Å². The average molecular weight is 214 g/mol. The monoisotopic (exact) mass is 213 g/mol. The third-order valence-electron chi connectivity index (χ3n) is 1.42. The molecular formula is C9H8ClNO3. The van der Waals surface area contributed by atoms with Crippen LogP contribution in [-0.2, 0) is 16.2 Å². The molecule has 0 atom stereocenters. The second kappa shape index (κ2) is 5.24. The normalized spacial score (nSPS) is 10.4. The number of carboxylic acids is 1. The van der Waals surface area contributed by atoms with Gasteiger partial charge >= 0.3 is 5.97 Å². The van der Waals surface area contributed by atoms with Crippen LogP contribution in [0.4, 0.5) is 0 Å². The van der Waals surface area contributed by atoms with Gasteiger partial charge in [-0.25, -0.2) is 4.79 Å². The Bertz CT molecular complexity index is 352. The van der Waals surface area contributed by atoms with Crippen LogP contribution in [0.25, 0.3) is 0 Å². The van der Waals surface area contributed by atoms with E-state index in [1.807, 2.05) is 6.07 Å². The van der Waals surface area contributed by atoms with Crippen LogP contribution in [0.15, 0.2) is 29.4 Å². The first-order valence-electron chi connectivity index (χ1n) is 3.82. The highest BCUT2D eigenvalue weighted by Crippen LogP contribution is 2.15. The van der Waals surface area contributed by atoms with E-state index >= 15 is 0 Å². The zero-order valence-corrected chi connectivity index (χ0v) is 7.94. The molecule has 0 amide bonds. The number of rotatable bonds is 4. The lowest BCUT2D eigenvalue weighted by Crippen LogP contribution is -1.96. The maximum atomic E-state index is 10.0. The molecule has 14 heavy (non-hydrogen) atoms. The molecule has 0 unspecified atom stereocenters. The van der Waals surface area contributed by atoms with Gasteiger partial charge in [-0.3, -0.25) is 0 Å². The molecule has 0 aromatic heterocycles. The Hall–Kier alpha value is -1.55. The van der Waals surface area contributed by atoms with Gasteiger partial charge in [-0.05, 0) is 6.07 Å². The summed E-state index contributed by atoms with van der Waals surface area (Å²) in [6.45, 7) is 0.156. The van der Waals surface area contributed by atoms with Crippen molar-refractivity contribution in [1.29, 1.82) is 0 Å². The average Bonchev–Trinajstić information content (AvgIpc) is 2.15. The summed E-state index contributed by atoms with van der Waals surface area (Å²) in [5.41, 5.74) is 0.761. The van der Waals surface area contributed by atoms with Gasteiger partial charge in [-0.2, -0.15) is 0 Å². The zero-order chi connectivity index (χ0) is 10.4. The molecule has 74 valence electrons. The molecule has 0 bridgehead atoms. The molecule has 0 saturated carbocycles. The molecule has 1 N–H and O–H groups in total. The first kappa shape index (κ1) is 10.5. The summed E-state index contributed by atoms with van der Waals surface area (Å²) >= 11 is 5.82. The van der Waals surface area contributed by atoms with Gasteiger partial charge in [0.15, 0.2) is 6.21 Å². The van der Waals surface area contributed by atoms with Crippen LogP contribution in [0.3, 0.4) is 0 Å². The van der Waals surface area contributed by atoms with Gasteiger partial charge < -0.3 is 9.94 Å². The number of benzene rings is 1. The summed E-state index contributed by atoms with van der Waals surface area (Å²) in [6.07, 6.45) is 0.677. The molecule has 0 fully saturated rings. The zero-order valence-electron chi connectivity index (χ0n) is 7.18. The van der Waals surface area contributed by atoms with Crippen LogP contribution < -0.4 is 0 Å². The highest BCUT2D eigenvalue weighted by molar-refractivity contribution is 6.31. The maximum Gasteiger partial charge on any atom is 0.350 e. The Labute approximate surface area is 85.7 Å². The van der Waals surface area contributed by atoms with Gasteiger partial charge in [-0.15, -0.1) is 0 Å². The highest BCUT2D eigenvalue weighted by atomic mass is 35.5. The van der Waals surface area contributed by atoms with E-state index in [1.165, 1.54) is 0 Å². The van der Waals surface area contributed by atoms with Gasteiger partial charge in [0.05, 0.1) is 0 Å². The predicted molar refractivity (Wildman–Crippen MR) is 52.4 cm³/mol. The van der Waals surface area contributed by atoms with E-state index in [-0.39, 0.29) is 6.61 Å². The van der Waals surface area contributed by atoms with Gasteiger partial charge in [0.25, 0.3) is 0 Å². The maximum absolute atomic E-state index is 10.0. The van der Waals surface area contributed by atoms with Crippen molar-refractivity contribution in [2.75, 3.05) is 0 Å². The largest absolute Gasteiger partial charge is 0.477 e. The molecule has 0 heterocycles. The van der Waals surface area contributed by atoms with Crippen molar-refractivity contribution in [3.8, 4) is 0 Å². The molecule has 0 saturated heterocycles. The second-order valence-electron chi connectivity index (χ2n) is 2.44. The van der Waals surface area contributed by atoms with Crippen molar-refractivity contribution < 1.29 is 14.7 Å². The SMILES string of the molecule is O=C(O)C=NOCc1ccccc1Cl. The molecule has 4 nitrogen and oxygen atoms in total. The first-order chi connectivity index (χ1) is 6.70. The number of oxime groups is 1. The van der Waals surface area contributed by atoms with Crippen LogP contribution in [0.5, 0.6) is 0 Å². The smallest absolute Gasteiger partial charge is 0.350 e. The number of hydrogen-bond acceptors (Lipinski definition) is 3. The fourth-order valence-corrected chi connectivity index (χ4v) is 0.995. The van der Waals surface area contributed by atoms with Crippen molar-refractivity contribution in [3.63, 3.8) is 0 Å². The van der Waals surface area contributed by atoms with Crippen molar-refractivity contribution >= 4 is 23.8 Å². The summed E-state index contributed by atoms with van der Waals surface area (Å²) in [6, 6.07) is 7.11. The van der Waals surface area contributed by atoms with Crippen molar-refractivity contribution in [2.24, 2.45) is 5.16 Å². The molecule has 0 aliphatic rings. The third kappa shape index (κ3) is 3.45. The van der Waals surface area contributed by atoms with E-state index in [0.29, 0.717) is 11.2 Å². The minimum atomic E-state index is -1.15. The Morgan fingerprint density at radius 1 is 1.57 bits per heavy atom. The van der Waals surface area contributed by atoms with Crippen LogP contribution in [0.2, 0.25) is 5.02 Å². The number of carboxylic acid groups (broad SMARTS) is 1. The van der Waals surface area contributed by atoms with E-state index in [9.17, 15) is 4.79 Å². The Morgan fingerprint density at radius 3 is 2.93 bits per heavy atom. The molecule has 0 radical (unpaired) electrons. The molecule has 0 aliphatic heterocycles. The third-order valence-corrected chi connectivity index (χ3v) is 1.78. The minimum absolute atomic E-state index is 0.156. The van der Waals surface area contributed by atoms with Crippen molar-refractivity contribution in [1.82, 2.24) is 0 Å². The van der Waals surface area contributed by atoms with Crippen molar-refractivity contribution in [3.05, 3.63) is 34.9 Å². The Balaban J connectivity index is 2.46. The highest BCUT2D eigenvalue weighted by Gasteiger charge is 1.97. The molecule has 0 spiro atoms. The molecule has 5 heteroatoms. The Morgan fingerprint density at radius 2 is 2.29 bits per heavy atom. The van der Waals surface area contributed by atoms with Crippen LogP contribution in [-0.4, -0.2) is 17.3 Å². The minimum Gasteiger partial charge on any atom is -0.477 e. The summed E-state index contributed by atoms with van der Waals surface area (Å²) in [5.74, 6) is -1.15. The summed E-state index contributed by atoms with van der Waals surface area (Å²) in [7, 11) is 0. The standard InChI is InChI=1S/C9H8ClNO3/c10-8-4-2-1-3-7(8)6-14-11-5-9(12)13/h1-5H,6H2,(H,12,13). The fourth-order valence-electron chi connectivity index (χ4n) is 0.805. The lowest BCUT2D eigenvalue weighted by atomic mass is 10.2. The number of carbonyl (C=O) groups is 1. The second-order valence-corrected chi connectivity index (χ2v) is 2.84. The number of aliphatic carboxylic acids is 1. The van der Waals surface area contributed by atoms with Crippen molar-refractivity contribution in [2.45, 2.75) is 6.61 Å². The molecule has 1 aromatic carbocycles. The molecule has 0 aliphatic carbocycles. The lowest BCUT2D eigenvalue weighted by molar-refractivity contribution is -0.129.